The molecule has 0 saturated heterocycles. The lowest BCUT2D eigenvalue weighted by molar-refractivity contribution is 0.0526. The third-order valence-corrected chi connectivity index (χ3v) is 7.03. The largest absolute Gasteiger partial charge is 0.462 e. The summed E-state index contributed by atoms with van der Waals surface area (Å²) in [4.78, 5) is 32.0. The summed E-state index contributed by atoms with van der Waals surface area (Å²) in [6, 6.07) is 9.80. The quantitative estimate of drug-likeness (QED) is 0.590. The number of rotatable bonds is 3. The van der Waals surface area contributed by atoms with Gasteiger partial charge in [-0.2, -0.15) is 0 Å². The van der Waals surface area contributed by atoms with Crippen molar-refractivity contribution in [2.45, 2.75) is 45.2 Å². The molecule has 0 radical (unpaired) electrons. The smallest absolute Gasteiger partial charge is 0.340 e. The van der Waals surface area contributed by atoms with Gasteiger partial charge in [0.1, 0.15) is 15.4 Å². The van der Waals surface area contributed by atoms with Gasteiger partial charge in [0.25, 0.3) is 5.91 Å². The number of esters is 1. The number of aromatic nitrogens is 1. The Labute approximate surface area is 178 Å². The van der Waals surface area contributed by atoms with E-state index in [1.54, 1.807) is 6.92 Å². The number of nitrogens with one attached hydrogen (secondary N) is 2. The molecule has 5 rings (SSSR count). The van der Waals surface area contributed by atoms with Crippen LogP contribution in [0.4, 0.5) is 5.69 Å². The van der Waals surface area contributed by atoms with Gasteiger partial charge in [-0.3, -0.25) is 4.79 Å². The highest BCUT2D eigenvalue weighted by molar-refractivity contribution is 7.21. The molecule has 2 N–H and O–H groups in total. The van der Waals surface area contributed by atoms with Gasteiger partial charge in [0.05, 0.1) is 23.6 Å². The lowest BCUT2D eigenvalue weighted by Crippen LogP contribution is -2.55. The molecule has 6 nitrogen and oxygen atoms in total. The lowest BCUT2D eigenvalue weighted by Gasteiger charge is -2.36. The van der Waals surface area contributed by atoms with Crippen molar-refractivity contribution >= 4 is 39.1 Å². The molecule has 1 aliphatic carbocycles. The highest BCUT2D eigenvalue weighted by Gasteiger charge is 2.42. The van der Waals surface area contributed by atoms with Crippen LogP contribution in [-0.4, -0.2) is 29.1 Å². The number of nitrogens with zero attached hydrogens (tertiary/aromatic N) is 1. The van der Waals surface area contributed by atoms with Crippen molar-refractivity contribution in [2.75, 3.05) is 11.9 Å². The topological polar surface area (TPSA) is 80.3 Å². The fraction of sp³-hybridized carbons (Fsp3) is 0.348. The molecule has 1 fully saturated rings. The Balaban J connectivity index is 1.84. The normalized spacial score (nSPS) is 16.9. The number of carbonyl (C=O) groups is 2. The van der Waals surface area contributed by atoms with Crippen LogP contribution in [0, 0.1) is 6.92 Å². The summed E-state index contributed by atoms with van der Waals surface area (Å²) >= 11 is 1.37. The Bertz CT molecular complexity index is 1160. The van der Waals surface area contributed by atoms with Crippen LogP contribution in [0.15, 0.2) is 30.3 Å². The van der Waals surface area contributed by atoms with E-state index in [2.05, 4.69) is 10.6 Å². The van der Waals surface area contributed by atoms with Gasteiger partial charge in [-0.25, -0.2) is 9.78 Å². The standard InChI is InChI=1S/C23H23N3O3S/c1-3-29-22(28)15-13(2)24-21-17(16(15)14-9-5-4-6-10-14)18-19(30-21)20(27)26-23(25-18)11-7-8-12-23/h4-6,9-10,25H,3,7-8,11-12H2,1-2H3,(H,26,27). The molecular formula is C23H23N3O3S. The molecule has 0 atom stereocenters. The molecule has 3 heterocycles. The average molecular weight is 422 g/mol. The summed E-state index contributed by atoms with van der Waals surface area (Å²) in [5.74, 6) is -0.456. The van der Waals surface area contributed by atoms with Gasteiger partial charge >= 0.3 is 5.97 Å². The third kappa shape index (κ3) is 2.88. The predicted molar refractivity (Wildman–Crippen MR) is 118 cm³/mol. The van der Waals surface area contributed by atoms with Gasteiger partial charge in [-0.1, -0.05) is 30.3 Å². The monoisotopic (exact) mass is 421 g/mol. The second-order valence-electron chi connectivity index (χ2n) is 7.89. The zero-order valence-corrected chi connectivity index (χ0v) is 17.8. The van der Waals surface area contributed by atoms with Crippen LogP contribution in [0.3, 0.4) is 0 Å². The van der Waals surface area contributed by atoms with Crippen LogP contribution in [0.5, 0.6) is 0 Å². The van der Waals surface area contributed by atoms with Crippen LogP contribution in [0.25, 0.3) is 21.3 Å². The molecule has 7 heteroatoms. The fourth-order valence-corrected chi connectivity index (χ4v) is 5.72. The first-order valence-corrected chi connectivity index (χ1v) is 11.1. The van der Waals surface area contributed by atoms with E-state index in [-0.39, 0.29) is 18.5 Å². The van der Waals surface area contributed by atoms with Gasteiger partial charge in [-0.15, -0.1) is 11.3 Å². The number of amides is 1. The fourth-order valence-electron chi connectivity index (χ4n) is 4.64. The maximum atomic E-state index is 13.0. The van der Waals surface area contributed by atoms with Crippen molar-refractivity contribution in [3.63, 3.8) is 0 Å². The zero-order valence-electron chi connectivity index (χ0n) is 17.0. The summed E-state index contributed by atoms with van der Waals surface area (Å²) in [7, 11) is 0. The number of ether oxygens (including phenoxy) is 1. The Hall–Kier alpha value is -2.93. The number of fused-ring (bicyclic) bond motifs is 3. The van der Waals surface area contributed by atoms with E-state index >= 15 is 0 Å². The summed E-state index contributed by atoms with van der Waals surface area (Å²) in [6.45, 7) is 3.91. The zero-order chi connectivity index (χ0) is 20.9. The lowest BCUT2D eigenvalue weighted by atomic mass is 9.94. The molecule has 0 bridgehead atoms. The Morgan fingerprint density at radius 2 is 1.93 bits per heavy atom. The van der Waals surface area contributed by atoms with E-state index in [9.17, 15) is 9.59 Å². The predicted octanol–water partition coefficient (Wildman–Crippen LogP) is 4.87. The van der Waals surface area contributed by atoms with Crippen molar-refractivity contribution in [1.29, 1.82) is 0 Å². The van der Waals surface area contributed by atoms with E-state index < -0.39 is 5.66 Å². The first-order chi connectivity index (χ1) is 14.5. The molecule has 2 aromatic heterocycles. The average Bonchev–Trinajstić information content (AvgIpc) is 3.32. The maximum absolute atomic E-state index is 13.0. The van der Waals surface area contributed by atoms with Gasteiger partial charge in [-0.05, 0) is 45.1 Å². The molecule has 30 heavy (non-hydrogen) atoms. The number of anilines is 1. The Kier molecular flexibility index (Phi) is 4.50. The molecule has 1 amide bonds. The number of hydrogen-bond acceptors (Lipinski definition) is 6. The molecule has 2 aliphatic rings. The molecule has 1 spiro atoms. The number of pyridine rings is 1. The highest BCUT2D eigenvalue weighted by Crippen LogP contribution is 2.47. The van der Waals surface area contributed by atoms with E-state index in [4.69, 9.17) is 9.72 Å². The van der Waals surface area contributed by atoms with Gasteiger partial charge in [0, 0.05) is 10.9 Å². The minimum Gasteiger partial charge on any atom is -0.462 e. The van der Waals surface area contributed by atoms with Crippen LogP contribution in [0.1, 0.15) is 58.3 Å². The number of carbonyl (C=O) groups excluding carboxylic acids is 2. The Morgan fingerprint density at radius 1 is 1.20 bits per heavy atom. The maximum Gasteiger partial charge on any atom is 0.340 e. The van der Waals surface area contributed by atoms with Crippen LogP contribution >= 0.6 is 11.3 Å². The van der Waals surface area contributed by atoms with Crippen LogP contribution in [-0.2, 0) is 4.74 Å². The van der Waals surface area contributed by atoms with Crippen molar-refractivity contribution in [3.05, 3.63) is 46.5 Å². The number of aryl methyl sites for hydroxylation is 1. The van der Waals surface area contributed by atoms with Crippen molar-refractivity contribution in [2.24, 2.45) is 0 Å². The van der Waals surface area contributed by atoms with E-state index in [0.29, 0.717) is 16.1 Å². The number of benzene rings is 1. The Morgan fingerprint density at radius 3 is 2.63 bits per heavy atom. The second-order valence-corrected chi connectivity index (χ2v) is 8.89. The van der Waals surface area contributed by atoms with Crippen LogP contribution in [0.2, 0.25) is 0 Å². The van der Waals surface area contributed by atoms with Gasteiger partial charge in [0.15, 0.2) is 0 Å². The van der Waals surface area contributed by atoms with Crippen molar-refractivity contribution < 1.29 is 14.3 Å². The van der Waals surface area contributed by atoms with Crippen molar-refractivity contribution in [3.8, 4) is 11.1 Å². The summed E-state index contributed by atoms with van der Waals surface area (Å²) < 4.78 is 5.38. The SMILES string of the molecule is CCOC(=O)c1c(C)nc2sc3c(c2c1-c1ccccc1)NC1(CCCC1)NC3=O. The molecule has 1 aromatic carbocycles. The summed E-state index contributed by atoms with van der Waals surface area (Å²) in [5, 5.41) is 7.65. The van der Waals surface area contributed by atoms with E-state index in [1.807, 2.05) is 37.3 Å². The van der Waals surface area contributed by atoms with Crippen LogP contribution < -0.4 is 10.6 Å². The molecule has 154 valence electrons. The van der Waals surface area contributed by atoms with E-state index in [0.717, 1.165) is 52.7 Å². The molecule has 0 unspecified atom stereocenters. The minimum atomic E-state index is -0.416. The second kappa shape index (κ2) is 7.09. The first-order valence-electron chi connectivity index (χ1n) is 10.3. The van der Waals surface area contributed by atoms with Gasteiger partial charge in [0.2, 0.25) is 0 Å². The van der Waals surface area contributed by atoms with E-state index in [1.165, 1.54) is 11.3 Å². The molecule has 1 saturated carbocycles. The summed E-state index contributed by atoms with van der Waals surface area (Å²) in [5.41, 5.74) is 3.13. The molecular weight excluding hydrogens is 398 g/mol. The minimum absolute atomic E-state index is 0.0667. The molecule has 1 aliphatic heterocycles. The molecule has 3 aromatic rings. The number of thiophene rings is 1. The summed E-state index contributed by atoms with van der Waals surface area (Å²) in [6.07, 6.45) is 3.92. The van der Waals surface area contributed by atoms with Gasteiger partial charge < -0.3 is 15.4 Å². The highest BCUT2D eigenvalue weighted by atomic mass is 32.1. The number of hydrogen-bond donors (Lipinski definition) is 2. The first kappa shape index (κ1) is 19.1. The van der Waals surface area contributed by atoms with Crippen molar-refractivity contribution in [1.82, 2.24) is 10.3 Å². The third-order valence-electron chi connectivity index (χ3n) is 5.94.